The first kappa shape index (κ1) is 22.7. The standard InChI is InChI=1S/C13H16F2N4O2S.2ClH/c1-19-5-4-17-12(19)22-6-9-2-3-10(21-9)11(20)18-8-13(14,15)7-16;;/h2-5H,6-8,16H2,1H3,(H,18,20);2*1H. The van der Waals surface area contributed by atoms with Crippen molar-refractivity contribution in [2.45, 2.75) is 16.8 Å². The number of nitrogens with zero attached hydrogens (tertiary/aromatic N) is 2. The van der Waals surface area contributed by atoms with Crippen LogP contribution < -0.4 is 11.1 Å². The molecule has 0 aliphatic heterocycles. The van der Waals surface area contributed by atoms with E-state index in [9.17, 15) is 13.6 Å². The average molecular weight is 403 g/mol. The van der Waals surface area contributed by atoms with E-state index in [1.165, 1.54) is 17.8 Å². The number of aryl methyl sites for hydroxylation is 1. The smallest absolute Gasteiger partial charge is 0.287 e. The van der Waals surface area contributed by atoms with E-state index in [-0.39, 0.29) is 30.6 Å². The van der Waals surface area contributed by atoms with Crippen LogP contribution in [0.15, 0.2) is 34.1 Å². The number of thioether (sulfide) groups is 1. The SMILES string of the molecule is Cl.Cl.Cn1ccnc1SCc1ccc(C(=O)NCC(F)(F)CN)o1. The summed E-state index contributed by atoms with van der Waals surface area (Å²) < 4.78 is 33.1. The molecule has 0 radical (unpaired) electrons. The van der Waals surface area contributed by atoms with Crippen LogP contribution in [0.1, 0.15) is 16.3 Å². The molecule has 0 aromatic carbocycles. The number of nitrogens with two attached hydrogens (primary N) is 1. The Morgan fingerprint density at radius 1 is 1.46 bits per heavy atom. The summed E-state index contributed by atoms with van der Waals surface area (Å²) in [7, 11) is 1.87. The van der Waals surface area contributed by atoms with Crippen LogP contribution in [-0.2, 0) is 12.8 Å². The van der Waals surface area contributed by atoms with Gasteiger partial charge in [-0.2, -0.15) is 0 Å². The van der Waals surface area contributed by atoms with Gasteiger partial charge in [0.15, 0.2) is 10.9 Å². The van der Waals surface area contributed by atoms with Gasteiger partial charge in [0.2, 0.25) is 0 Å². The maximum absolute atomic E-state index is 13.0. The van der Waals surface area contributed by atoms with Crippen molar-refractivity contribution in [1.82, 2.24) is 14.9 Å². The van der Waals surface area contributed by atoms with Crippen molar-refractivity contribution >= 4 is 42.5 Å². The highest BCUT2D eigenvalue weighted by Crippen LogP contribution is 2.22. The highest BCUT2D eigenvalue weighted by molar-refractivity contribution is 7.98. The molecule has 0 aliphatic carbocycles. The number of nitrogens with one attached hydrogen (secondary N) is 1. The van der Waals surface area contributed by atoms with Crippen LogP contribution in [0.25, 0.3) is 0 Å². The molecular weight excluding hydrogens is 385 g/mol. The van der Waals surface area contributed by atoms with Gasteiger partial charge in [0.05, 0.1) is 18.8 Å². The molecule has 6 nitrogen and oxygen atoms in total. The summed E-state index contributed by atoms with van der Waals surface area (Å²) in [4.78, 5) is 15.9. The van der Waals surface area contributed by atoms with Crippen LogP contribution in [0.5, 0.6) is 0 Å². The van der Waals surface area contributed by atoms with Crippen molar-refractivity contribution in [3.05, 3.63) is 36.0 Å². The molecule has 0 saturated heterocycles. The maximum atomic E-state index is 13.0. The van der Waals surface area contributed by atoms with E-state index in [4.69, 9.17) is 10.2 Å². The molecule has 0 saturated carbocycles. The Morgan fingerprint density at radius 3 is 2.75 bits per heavy atom. The van der Waals surface area contributed by atoms with E-state index in [0.717, 1.165) is 5.16 Å². The maximum Gasteiger partial charge on any atom is 0.287 e. The Balaban J connectivity index is 0.00000264. The fourth-order valence-electron chi connectivity index (χ4n) is 1.57. The quantitative estimate of drug-likeness (QED) is 0.694. The number of furan rings is 1. The van der Waals surface area contributed by atoms with Crippen LogP contribution in [0.4, 0.5) is 8.78 Å². The van der Waals surface area contributed by atoms with E-state index in [1.54, 1.807) is 12.3 Å². The number of hydrogen-bond donors (Lipinski definition) is 2. The molecule has 0 fully saturated rings. The number of halogens is 4. The van der Waals surface area contributed by atoms with Crippen molar-refractivity contribution in [2.24, 2.45) is 12.8 Å². The van der Waals surface area contributed by atoms with Gasteiger partial charge in [-0.15, -0.1) is 24.8 Å². The monoisotopic (exact) mass is 402 g/mol. The zero-order valence-electron chi connectivity index (χ0n) is 12.7. The number of aromatic nitrogens is 2. The van der Waals surface area contributed by atoms with Crippen LogP contribution in [0.2, 0.25) is 0 Å². The molecule has 2 aromatic rings. The predicted molar refractivity (Wildman–Crippen MR) is 92.3 cm³/mol. The molecule has 0 bridgehead atoms. The third-order valence-electron chi connectivity index (χ3n) is 2.81. The summed E-state index contributed by atoms with van der Waals surface area (Å²) in [6.45, 7) is -1.64. The first-order valence-electron chi connectivity index (χ1n) is 6.46. The molecule has 3 N–H and O–H groups in total. The van der Waals surface area contributed by atoms with Crippen molar-refractivity contribution in [2.75, 3.05) is 13.1 Å². The van der Waals surface area contributed by atoms with Crippen molar-refractivity contribution in [3.8, 4) is 0 Å². The number of rotatable bonds is 7. The Kier molecular flexibility index (Phi) is 9.34. The Hall–Kier alpha value is -1.29. The van der Waals surface area contributed by atoms with Crippen molar-refractivity contribution < 1.29 is 18.0 Å². The molecule has 2 rings (SSSR count). The second-order valence-corrected chi connectivity index (χ2v) is 5.56. The van der Waals surface area contributed by atoms with Crippen LogP contribution >= 0.6 is 36.6 Å². The van der Waals surface area contributed by atoms with Gasteiger partial charge in [0.1, 0.15) is 5.76 Å². The lowest BCUT2D eigenvalue weighted by Crippen LogP contribution is -2.41. The Bertz CT molecular complexity index is 651. The van der Waals surface area contributed by atoms with Gasteiger partial charge in [0.25, 0.3) is 11.8 Å². The summed E-state index contributed by atoms with van der Waals surface area (Å²) in [5.41, 5.74) is 4.90. The number of amides is 1. The van der Waals surface area contributed by atoms with Gasteiger partial charge in [0, 0.05) is 19.4 Å². The average Bonchev–Trinajstić information content (AvgIpc) is 3.12. The third-order valence-corrected chi connectivity index (χ3v) is 3.89. The van der Waals surface area contributed by atoms with Crippen molar-refractivity contribution in [1.29, 1.82) is 0 Å². The lowest BCUT2D eigenvalue weighted by Gasteiger charge is -2.13. The van der Waals surface area contributed by atoms with Crippen molar-refractivity contribution in [3.63, 3.8) is 0 Å². The predicted octanol–water partition coefficient (Wildman–Crippen LogP) is 2.47. The summed E-state index contributed by atoms with van der Waals surface area (Å²) in [5, 5.41) is 2.91. The number of carbonyl (C=O) groups is 1. The molecule has 0 atom stereocenters. The minimum absolute atomic E-state index is 0. The second kappa shape index (κ2) is 9.87. The van der Waals surface area contributed by atoms with Gasteiger partial charge >= 0.3 is 0 Å². The molecule has 1 amide bonds. The molecule has 2 aromatic heterocycles. The first-order chi connectivity index (χ1) is 10.4. The van der Waals surface area contributed by atoms with E-state index in [2.05, 4.69) is 10.3 Å². The third kappa shape index (κ3) is 6.31. The molecule has 11 heteroatoms. The molecule has 2 heterocycles. The number of imidazole rings is 1. The normalized spacial score (nSPS) is 10.7. The minimum atomic E-state index is -3.13. The van der Waals surface area contributed by atoms with E-state index < -0.39 is 24.9 Å². The zero-order chi connectivity index (χ0) is 16.2. The molecule has 0 spiro atoms. The highest BCUT2D eigenvalue weighted by atomic mass is 35.5. The minimum Gasteiger partial charge on any atom is -0.455 e. The second-order valence-electron chi connectivity index (χ2n) is 4.62. The van der Waals surface area contributed by atoms with Crippen LogP contribution in [0, 0.1) is 0 Å². The summed E-state index contributed by atoms with van der Waals surface area (Å²) in [6, 6.07) is 3.08. The fourth-order valence-corrected chi connectivity index (χ4v) is 2.40. The van der Waals surface area contributed by atoms with Gasteiger partial charge in [-0.3, -0.25) is 4.79 Å². The molecule has 0 aliphatic rings. The number of carbonyl (C=O) groups excluding carboxylic acids is 1. The molecular formula is C13H18Cl2F2N4O2S. The lowest BCUT2D eigenvalue weighted by molar-refractivity contribution is 0.0115. The molecule has 24 heavy (non-hydrogen) atoms. The topological polar surface area (TPSA) is 86.1 Å². The van der Waals surface area contributed by atoms with Gasteiger partial charge < -0.3 is 20.0 Å². The van der Waals surface area contributed by atoms with Gasteiger partial charge in [-0.1, -0.05) is 11.8 Å². The molecule has 0 unspecified atom stereocenters. The summed E-state index contributed by atoms with van der Waals surface area (Å²) in [6.07, 6.45) is 3.50. The highest BCUT2D eigenvalue weighted by Gasteiger charge is 2.27. The fraction of sp³-hybridized carbons (Fsp3) is 0.385. The summed E-state index contributed by atoms with van der Waals surface area (Å²) in [5.74, 6) is -2.79. The molecule has 136 valence electrons. The van der Waals surface area contributed by atoms with Crippen LogP contribution in [-0.4, -0.2) is 34.5 Å². The van der Waals surface area contributed by atoms with Crippen LogP contribution in [0.3, 0.4) is 0 Å². The largest absolute Gasteiger partial charge is 0.455 e. The zero-order valence-corrected chi connectivity index (χ0v) is 15.1. The Labute approximate surface area is 154 Å². The van der Waals surface area contributed by atoms with E-state index in [1.807, 2.05) is 17.8 Å². The number of alkyl halides is 2. The Morgan fingerprint density at radius 2 is 2.17 bits per heavy atom. The lowest BCUT2D eigenvalue weighted by atomic mass is 10.3. The first-order valence-corrected chi connectivity index (χ1v) is 7.45. The van der Waals surface area contributed by atoms with E-state index in [0.29, 0.717) is 11.5 Å². The van der Waals surface area contributed by atoms with Gasteiger partial charge in [-0.25, -0.2) is 13.8 Å². The summed E-state index contributed by atoms with van der Waals surface area (Å²) >= 11 is 1.44. The van der Waals surface area contributed by atoms with Gasteiger partial charge in [-0.05, 0) is 12.1 Å². The van der Waals surface area contributed by atoms with E-state index >= 15 is 0 Å². The number of hydrogen-bond acceptors (Lipinski definition) is 5.